The first-order chi connectivity index (χ1) is 17.7. The van der Waals surface area contributed by atoms with Crippen LogP contribution in [0.1, 0.15) is 30.9 Å². The fourth-order valence-corrected chi connectivity index (χ4v) is 3.86. The van der Waals surface area contributed by atoms with Crippen molar-refractivity contribution in [2.24, 2.45) is 0 Å². The van der Waals surface area contributed by atoms with E-state index in [2.05, 4.69) is 10.1 Å². The number of benzene rings is 2. The third-order valence-corrected chi connectivity index (χ3v) is 5.59. The van der Waals surface area contributed by atoms with Gasteiger partial charge in [-0.3, -0.25) is 15.0 Å². The van der Waals surface area contributed by atoms with Gasteiger partial charge in [-0.1, -0.05) is 42.5 Å². The molecule has 0 saturated heterocycles. The number of hydrogen-bond acceptors (Lipinski definition) is 10. The van der Waals surface area contributed by atoms with E-state index in [1.807, 2.05) is 42.3 Å². The molecule has 3 rings (SSSR count). The van der Waals surface area contributed by atoms with Crippen LogP contribution in [0.25, 0.3) is 0 Å². The molecule has 0 saturated carbocycles. The van der Waals surface area contributed by atoms with Gasteiger partial charge >= 0.3 is 12.3 Å². The second-order valence-corrected chi connectivity index (χ2v) is 8.37. The number of carbonyl (C=O) groups excluding carboxylic acids is 2. The van der Waals surface area contributed by atoms with Gasteiger partial charge in [-0.25, -0.2) is 9.59 Å². The molecule has 196 valence electrons. The van der Waals surface area contributed by atoms with Gasteiger partial charge in [0.15, 0.2) is 0 Å². The average Bonchev–Trinajstić information content (AvgIpc) is 2.87. The Morgan fingerprint density at radius 2 is 1.65 bits per heavy atom. The molecule has 1 N–H and O–H groups in total. The Morgan fingerprint density at radius 1 is 1.00 bits per heavy atom. The number of likely N-dealkylation sites (N-methyl/N-ethyl adjacent to an activating group) is 1. The number of nitrogens with one attached hydrogen (secondary N) is 1. The molecule has 0 aromatic heterocycles. The van der Waals surface area contributed by atoms with E-state index >= 15 is 0 Å². The lowest BCUT2D eigenvalue weighted by atomic mass is 9.90. The summed E-state index contributed by atoms with van der Waals surface area (Å²) in [7, 11) is 3.06. The number of hydrogen-bond donors (Lipinski definition) is 1. The van der Waals surface area contributed by atoms with Gasteiger partial charge in [0.25, 0.3) is 5.69 Å². The van der Waals surface area contributed by atoms with Crippen molar-refractivity contribution in [3.8, 4) is 0 Å². The van der Waals surface area contributed by atoms with E-state index < -0.39 is 23.2 Å². The van der Waals surface area contributed by atoms with Gasteiger partial charge in [0.2, 0.25) is 0 Å². The van der Waals surface area contributed by atoms with E-state index in [9.17, 15) is 19.7 Å². The van der Waals surface area contributed by atoms with Crippen molar-refractivity contribution >= 4 is 18.0 Å². The normalized spacial score (nSPS) is 15.2. The van der Waals surface area contributed by atoms with Gasteiger partial charge in [-0.2, -0.15) is 0 Å². The van der Waals surface area contributed by atoms with Crippen LogP contribution in [0.3, 0.4) is 0 Å². The van der Waals surface area contributed by atoms with Crippen LogP contribution in [0.4, 0.5) is 15.3 Å². The summed E-state index contributed by atoms with van der Waals surface area (Å²) in [6.07, 6.45) is -1.95. The van der Waals surface area contributed by atoms with Crippen molar-refractivity contribution in [1.82, 2.24) is 10.2 Å². The van der Waals surface area contributed by atoms with Gasteiger partial charge in [0.05, 0.1) is 23.4 Å². The Morgan fingerprint density at radius 3 is 2.27 bits per heavy atom. The topological polar surface area (TPSA) is 129 Å². The zero-order chi connectivity index (χ0) is 26.9. The fourth-order valence-electron chi connectivity index (χ4n) is 3.86. The molecule has 37 heavy (non-hydrogen) atoms. The zero-order valence-corrected chi connectivity index (χ0v) is 21.1. The minimum Gasteiger partial charge on any atom is -0.437 e. The molecule has 1 unspecified atom stereocenters. The summed E-state index contributed by atoms with van der Waals surface area (Å²) in [5, 5.41) is 14.4. The second kappa shape index (κ2) is 12.5. The van der Waals surface area contributed by atoms with Crippen LogP contribution in [0, 0.1) is 10.1 Å². The Balaban J connectivity index is 1.76. The highest BCUT2D eigenvalue weighted by Crippen LogP contribution is 2.40. The molecular formula is C26H29N3O8. The largest absolute Gasteiger partial charge is 0.513 e. The lowest BCUT2D eigenvalue weighted by Gasteiger charge is -2.30. The van der Waals surface area contributed by atoms with Crippen molar-refractivity contribution in [2.75, 3.05) is 27.3 Å². The summed E-state index contributed by atoms with van der Waals surface area (Å²) < 4.78 is 20.8. The lowest BCUT2D eigenvalue weighted by molar-refractivity contribution is -0.384. The molecular weight excluding hydrogens is 482 g/mol. The quantitative estimate of drug-likeness (QED) is 0.284. The third-order valence-electron chi connectivity index (χ3n) is 5.59. The molecule has 2 aromatic carbocycles. The molecule has 0 spiro atoms. The Hall–Kier alpha value is -4.38. The van der Waals surface area contributed by atoms with E-state index in [0.29, 0.717) is 30.0 Å². The summed E-state index contributed by atoms with van der Waals surface area (Å²) in [6, 6.07) is 15.6. The average molecular weight is 512 g/mol. The molecule has 11 heteroatoms. The van der Waals surface area contributed by atoms with E-state index in [1.165, 1.54) is 18.2 Å². The fraction of sp³-hybridized carbons (Fsp3) is 0.308. The summed E-state index contributed by atoms with van der Waals surface area (Å²) in [6.45, 7) is 4.54. The van der Waals surface area contributed by atoms with Gasteiger partial charge in [-0.15, -0.1) is 0 Å². The molecule has 0 aliphatic carbocycles. The number of allylic oxidation sites excluding steroid dienone is 2. The van der Waals surface area contributed by atoms with Crippen molar-refractivity contribution in [3.05, 3.63) is 98.8 Å². The highest BCUT2D eigenvalue weighted by Gasteiger charge is 2.36. The van der Waals surface area contributed by atoms with Crippen LogP contribution >= 0.6 is 0 Å². The monoisotopic (exact) mass is 511 g/mol. The van der Waals surface area contributed by atoms with Crippen LogP contribution in [0.2, 0.25) is 0 Å². The first-order valence-corrected chi connectivity index (χ1v) is 11.4. The van der Waals surface area contributed by atoms with Crippen molar-refractivity contribution in [2.45, 2.75) is 26.3 Å². The molecule has 1 heterocycles. The van der Waals surface area contributed by atoms with Crippen molar-refractivity contribution in [1.29, 1.82) is 0 Å². The Kier molecular flexibility index (Phi) is 9.22. The highest BCUT2D eigenvalue weighted by atomic mass is 16.7. The van der Waals surface area contributed by atoms with Crippen LogP contribution in [-0.4, -0.2) is 49.4 Å². The van der Waals surface area contributed by atoms with Crippen LogP contribution < -0.4 is 5.32 Å². The van der Waals surface area contributed by atoms with Gasteiger partial charge in [-0.05, 0) is 32.0 Å². The van der Waals surface area contributed by atoms with E-state index in [0.717, 1.165) is 12.7 Å². The van der Waals surface area contributed by atoms with E-state index in [1.54, 1.807) is 19.9 Å². The Bertz CT molecular complexity index is 1210. The maximum atomic E-state index is 12.6. The molecule has 1 aliphatic rings. The summed E-state index contributed by atoms with van der Waals surface area (Å²) in [5.74, 6) is -0.801. The number of nitro groups is 1. The van der Waals surface area contributed by atoms with E-state index in [4.69, 9.17) is 14.2 Å². The van der Waals surface area contributed by atoms with Crippen LogP contribution in [0.5, 0.6) is 0 Å². The molecule has 0 bridgehead atoms. The van der Waals surface area contributed by atoms with Gasteiger partial charge in [0, 0.05) is 25.2 Å². The molecule has 0 radical (unpaired) electrons. The molecule has 0 fully saturated rings. The minimum absolute atomic E-state index is 0.0725. The maximum absolute atomic E-state index is 12.6. The number of methoxy groups -OCH3 is 1. The van der Waals surface area contributed by atoms with Crippen LogP contribution in [-0.2, 0) is 25.5 Å². The summed E-state index contributed by atoms with van der Waals surface area (Å²) in [5.41, 5.74) is 2.22. The zero-order valence-electron chi connectivity index (χ0n) is 21.1. The number of ether oxygens (including phenoxy) is 4. The number of dihydropyridines is 1. The van der Waals surface area contributed by atoms with Crippen molar-refractivity contribution < 1.29 is 33.5 Å². The second-order valence-electron chi connectivity index (χ2n) is 8.37. The third kappa shape index (κ3) is 7.31. The first kappa shape index (κ1) is 27.2. The van der Waals surface area contributed by atoms with Gasteiger partial charge < -0.3 is 24.3 Å². The number of carbonyl (C=O) groups is 2. The molecule has 11 nitrogen and oxygen atoms in total. The predicted molar refractivity (Wildman–Crippen MR) is 133 cm³/mol. The molecule has 2 aromatic rings. The van der Waals surface area contributed by atoms with E-state index in [-0.39, 0.29) is 23.8 Å². The molecule has 1 atom stereocenters. The Labute approximate surface area is 214 Å². The summed E-state index contributed by atoms with van der Waals surface area (Å²) >= 11 is 0. The standard InChI is InChI=1S/C26H29N3O8/c1-17-23(36-25(30)34-4)22(20-11-8-12-21(15-20)29(32)33)24(18(2)27-17)37-26(31)35-14-13-28(3)16-19-9-6-5-7-10-19/h5-12,15,22,27H,13-14,16H2,1-4H3. The molecule has 1 aliphatic heterocycles. The number of nitro benzene ring substituents is 1. The smallest absolute Gasteiger partial charge is 0.437 e. The number of non-ortho nitro benzene ring substituents is 1. The van der Waals surface area contributed by atoms with Crippen molar-refractivity contribution in [3.63, 3.8) is 0 Å². The molecule has 0 amide bonds. The summed E-state index contributed by atoms with van der Waals surface area (Å²) in [4.78, 5) is 37.4. The number of nitrogens with zero attached hydrogens (tertiary/aromatic N) is 2. The SMILES string of the molecule is COC(=O)OC1=C(C)NC(C)=C(OC(=O)OCCN(C)Cc2ccccc2)C1c1cccc([N+](=O)[O-])c1. The van der Waals surface area contributed by atoms with Gasteiger partial charge in [0.1, 0.15) is 24.0 Å². The maximum Gasteiger partial charge on any atom is 0.513 e. The number of rotatable bonds is 9. The lowest BCUT2D eigenvalue weighted by Crippen LogP contribution is -2.30. The minimum atomic E-state index is -0.991. The van der Waals surface area contributed by atoms with Crippen LogP contribution in [0.15, 0.2) is 77.5 Å². The first-order valence-electron chi connectivity index (χ1n) is 11.4. The predicted octanol–water partition coefficient (Wildman–Crippen LogP) is 4.81. The highest BCUT2D eigenvalue weighted by molar-refractivity contribution is 5.65.